The van der Waals surface area contributed by atoms with Gasteiger partial charge in [0.15, 0.2) is 11.2 Å². The molecule has 48 heavy (non-hydrogen) atoms. The van der Waals surface area contributed by atoms with Crippen molar-refractivity contribution in [1.29, 1.82) is 0 Å². The van der Waals surface area contributed by atoms with E-state index in [-0.39, 0.29) is 11.6 Å². The highest BCUT2D eigenvalue weighted by Crippen LogP contribution is 2.51. The van der Waals surface area contributed by atoms with E-state index < -0.39 is 0 Å². The third kappa shape index (κ3) is 4.03. The van der Waals surface area contributed by atoms with Gasteiger partial charge in [-0.05, 0) is 83.9 Å². The maximum atomic E-state index is 15.0. The fraction of sp³-hybridized carbons (Fsp3) is 0. The topological polar surface area (TPSA) is 29.5 Å². The molecule has 0 spiro atoms. The largest absolute Gasteiger partial charge is 0.452 e. The Morgan fingerprint density at radius 3 is 1.94 bits per heavy atom. The molecule has 10 rings (SSSR count). The van der Waals surface area contributed by atoms with E-state index in [0.717, 1.165) is 43.7 Å². The zero-order chi connectivity index (χ0) is 31.9. The number of hydrogen-bond acceptors (Lipinski definition) is 4. The molecule has 0 aliphatic rings. The van der Waals surface area contributed by atoms with Crippen molar-refractivity contribution in [2.45, 2.75) is 0 Å². The van der Waals surface area contributed by atoms with E-state index in [1.807, 2.05) is 24.3 Å². The minimum atomic E-state index is -0.368. The summed E-state index contributed by atoms with van der Waals surface area (Å²) >= 11 is 1.75. The lowest BCUT2D eigenvalue weighted by Crippen LogP contribution is -2.11. The molecule has 3 heterocycles. The number of rotatable bonds is 4. The van der Waals surface area contributed by atoms with Crippen LogP contribution in [0.1, 0.15) is 0 Å². The zero-order valence-corrected chi connectivity index (χ0v) is 26.0. The second kappa shape index (κ2) is 10.3. The molecule has 0 unspecified atom stereocenters. The highest BCUT2D eigenvalue weighted by Gasteiger charge is 2.26. The summed E-state index contributed by atoms with van der Waals surface area (Å²) in [7, 11) is 0. The van der Waals surface area contributed by atoms with Gasteiger partial charge in [-0.25, -0.2) is 8.78 Å². The Bertz CT molecular complexity index is 2870. The van der Waals surface area contributed by atoms with Gasteiger partial charge in [-0.2, -0.15) is 0 Å². The van der Waals surface area contributed by atoms with Crippen LogP contribution in [0.15, 0.2) is 148 Å². The van der Waals surface area contributed by atoms with Crippen LogP contribution in [0.2, 0.25) is 0 Å². The molecule has 0 saturated heterocycles. The number of anilines is 3. The van der Waals surface area contributed by atoms with E-state index in [9.17, 15) is 8.78 Å². The smallest absolute Gasteiger partial charge is 0.180 e. The van der Waals surface area contributed by atoms with Crippen LogP contribution in [0, 0.1) is 11.6 Å². The lowest BCUT2D eigenvalue weighted by atomic mass is 10.0. The maximum Gasteiger partial charge on any atom is 0.180 e. The summed E-state index contributed by atoms with van der Waals surface area (Å²) in [5.41, 5.74) is 6.89. The Labute approximate surface area is 276 Å². The van der Waals surface area contributed by atoms with Crippen molar-refractivity contribution in [3.05, 3.63) is 151 Å². The summed E-state index contributed by atoms with van der Waals surface area (Å²) in [6.45, 7) is 0. The van der Waals surface area contributed by atoms with Crippen LogP contribution in [0.3, 0.4) is 0 Å². The van der Waals surface area contributed by atoms with Gasteiger partial charge >= 0.3 is 0 Å². The third-order valence-electron chi connectivity index (χ3n) is 9.18. The first-order valence-electron chi connectivity index (χ1n) is 15.6. The van der Waals surface area contributed by atoms with Crippen LogP contribution in [0.25, 0.3) is 75.2 Å². The molecule has 0 saturated carbocycles. The Hall–Kier alpha value is -5.98. The number of nitrogens with zero attached hydrogens (tertiary/aromatic N) is 1. The average molecular weight is 644 g/mol. The summed E-state index contributed by atoms with van der Waals surface area (Å²) < 4.78 is 44.8. The molecule has 0 fully saturated rings. The monoisotopic (exact) mass is 643 g/mol. The van der Waals surface area contributed by atoms with Gasteiger partial charge < -0.3 is 13.7 Å². The fourth-order valence-electron chi connectivity index (χ4n) is 7.05. The Kier molecular flexibility index (Phi) is 5.81. The molecule has 0 aliphatic heterocycles. The summed E-state index contributed by atoms with van der Waals surface area (Å²) in [6.07, 6.45) is 0. The Morgan fingerprint density at radius 1 is 0.458 bits per heavy atom. The molecule has 3 nitrogen and oxygen atoms in total. The zero-order valence-electron chi connectivity index (χ0n) is 25.2. The molecule has 3 aromatic heterocycles. The minimum absolute atomic E-state index is 0.360. The lowest BCUT2D eigenvalue weighted by molar-refractivity contribution is 0.619. The van der Waals surface area contributed by atoms with Gasteiger partial charge in [0.05, 0.1) is 16.8 Å². The average Bonchev–Trinajstić information content (AvgIpc) is 3.80. The summed E-state index contributed by atoms with van der Waals surface area (Å²) in [6, 6.07) is 44.6. The van der Waals surface area contributed by atoms with Crippen LogP contribution < -0.4 is 4.90 Å². The minimum Gasteiger partial charge on any atom is -0.452 e. The van der Waals surface area contributed by atoms with E-state index in [1.54, 1.807) is 23.5 Å². The standard InChI is InChI=1S/C42H23F2NO2S/c43-26-15-19-35-30(21-26)31-23-34(40-32-22-27(44)16-20-36(32)47-42(40)41(31)46-35)45(28-17-13-25(14-18-28)24-7-2-1-3-8-24)33-10-6-12-38-39(33)29-9-4-5-11-37(29)48-38/h1-23H. The maximum absolute atomic E-state index is 15.0. The predicted molar refractivity (Wildman–Crippen MR) is 194 cm³/mol. The van der Waals surface area contributed by atoms with Gasteiger partial charge in [-0.3, -0.25) is 0 Å². The van der Waals surface area contributed by atoms with E-state index in [4.69, 9.17) is 8.83 Å². The van der Waals surface area contributed by atoms with Crippen molar-refractivity contribution in [3.63, 3.8) is 0 Å². The van der Waals surface area contributed by atoms with Crippen molar-refractivity contribution < 1.29 is 17.6 Å². The van der Waals surface area contributed by atoms with Gasteiger partial charge in [0.25, 0.3) is 0 Å². The summed E-state index contributed by atoms with van der Waals surface area (Å²) in [4.78, 5) is 2.22. The number of furan rings is 2. The molecule has 0 N–H and O–H groups in total. The van der Waals surface area contributed by atoms with Crippen molar-refractivity contribution in [2.75, 3.05) is 4.90 Å². The number of thiophene rings is 1. The van der Waals surface area contributed by atoms with E-state index in [0.29, 0.717) is 43.9 Å². The van der Waals surface area contributed by atoms with Gasteiger partial charge in [-0.15, -0.1) is 11.3 Å². The van der Waals surface area contributed by atoms with Crippen LogP contribution in [-0.2, 0) is 0 Å². The Balaban J connectivity index is 1.36. The number of hydrogen-bond donors (Lipinski definition) is 0. The van der Waals surface area contributed by atoms with E-state index in [1.165, 1.54) is 29.0 Å². The molecule has 6 heteroatoms. The highest BCUT2D eigenvalue weighted by atomic mass is 32.1. The van der Waals surface area contributed by atoms with Gasteiger partial charge in [0.1, 0.15) is 22.8 Å². The number of benzene rings is 7. The SMILES string of the molecule is Fc1ccc2oc3c(cc(N(c4ccc(-c5ccccc5)cc4)c4cccc5sc6ccccc6c45)c4c5cc(F)ccc5oc34)c2c1. The molecule has 0 atom stereocenters. The molecular formula is C42H23F2NO2S. The van der Waals surface area contributed by atoms with Crippen molar-refractivity contribution in [1.82, 2.24) is 0 Å². The van der Waals surface area contributed by atoms with Crippen LogP contribution >= 0.6 is 11.3 Å². The van der Waals surface area contributed by atoms with Crippen LogP contribution in [0.5, 0.6) is 0 Å². The molecule has 0 aliphatic carbocycles. The van der Waals surface area contributed by atoms with Gasteiger partial charge in [0, 0.05) is 42.0 Å². The Morgan fingerprint density at radius 2 is 1.12 bits per heavy atom. The molecule has 0 bridgehead atoms. The predicted octanol–water partition coefficient (Wildman–Crippen LogP) is 13.3. The van der Waals surface area contributed by atoms with Crippen molar-refractivity contribution >= 4 is 92.4 Å². The molecule has 0 amide bonds. The molecule has 0 radical (unpaired) electrons. The molecule has 228 valence electrons. The van der Waals surface area contributed by atoms with Gasteiger partial charge in [-0.1, -0.05) is 66.7 Å². The summed E-state index contributed by atoms with van der Waals surface area (Å²) in [5, 5.41) is 4.94. The first-order valence-corrected chi connectivity index (χ1v) is 16.4. The normalized spacial score (nSPS) is 12.0. The second-order valence-electron chi connectivity index (χ2n) is 12.0. The first kappa shape index (κ1) is 27.2. The second-order valence-corrected chi connectivity index (χ2v) is 13.0. The highest BCUT2D eigenvalue weighted by molar-refractivity contribution is 7.26. The molecule has 10 aromatic rings. The van der Waals surface area contributed by atoms with E-state index >= 15 is 0 Å². The van der Waals surface area contributed by atoms with Crippen LogP contribution in [0.4, 0.5) is 25.8 Å². The number of halogens is 2. The van der Waals surface area contributed by atoms with Crippen LogP contribution in [-0.4, -0.2) is 0 Å². The molecular weight excluding hydrogens is 621 g/mol. The van der Waals surface area contributed by atoms with E-state index in [2.05, 4.69) is 83.8 Å². The molecule has 7 aromatic carbocycles. The van der Waals surface area contributed by atoms with Gasteiger partial charge in [0.2, 0.25) is 0 Å². The fourth-order valence-corrected chi connectivity index (χ4v) is 8.18. The first-order chi connectivity index (χ1) is 23.6. The third-order valence-corrected chi connectivity index (χ3v) is 10.3. The van der Waals surface area contributed by atoms with Crippen molar-refractivity contribution in [2.24, 2.45) is 0 Å². The van der Waals surface area contributed by atoms with Crippen molar-refractivity contribution in [3.8, 4) is 11.1 Å². The number of fused-ring (bicyclic) bond motifs is 10. The summed E-state index contributed by atoms with van der Waals surface area (Å²) in [5.74, 6) is -0.728. The quantitative estimate of drug-likeness (QED) is 0.191. The lowest BCUT2D eigenvalue weighted by Gasteiger charge is -2.27.